The van der Waals surface area contributed by atoms with E-state index >= 15 is 0 Å². The van der Waals surface area contributed by atoms with Gasteiger partial charge in [0, 0.05) is 26.2 Å². The SMILES string of the molecule is CCNc1cccc(CN2CCOCC2)n1. The fourth-order valence-corrected chi connectivity index (χ4v) is 1.84. The molecule has 0 radical (unpaired) electrons. The van der Waals surface area contributed by atoms with E-state index in [9.17, 15) is 0 Å². The molecule has 0 spiro atoms. The molecular weight excluding hydrogens is 202 g/mol. The van der Waals surface area contributed by atoms with Gasteiger partial charge in [-0.15, -0.1) is 0 Å². The van der Waals surface area contributed by atoms with E-state index in [1.807, 2.05) is 6.07 Å². The summed E-state index contributed by atoms with van der Waals surface area (Å²) >= 11 is 0. The molecule has 0 saturated carbocycles. The molecule has 1 aromatic rings. The first-order valence-electron chi connectivity index (χ1n) is 5.88. The van der Waals surface area contributed by atoms with Crippen molar-refractivity contribution in [2.45, 2.75) is 13.5 Å². The molecule has 1 aliphatic heterocycles. The van der Waals surface area contributed by atoms with Gasteiger partial charge in [0.05, 0.1) is 18.9 Å². The van der Waals surface area contributed by atoms with Gasteiger partial charge in [0.1, 0.15) is 5.82 Å². The molecule has 0 aromatic carbocycles. The number of nitrogens with zero attached hydrogens (tertiary/aromatic N) is 2. The molecule has 88 valence electrons. The third-order valence-corrected chi connectivity index (χ3v) is 2.65. The van der Waals surface area contributed by atoms with Gasteiger partial charge in [-0.05, 0) is 19.1 Å². The standard InChI is InChI=1S/C12H19N3O/c1-2-13-12-5-3-4-11(14-12)10-15-6-8-16-9-7-15/h3-5H,2,6-10H2,1H3,(H,13,14). The largest absolute Gasteiger partial charge is 0.379 e. The molecule has 1 N–H and O–H groups in total. The minimum absolute atomic E-state index is 0.840. The Kier molecular flexibility index (Phi) is 4.13. The van der Waals surface area contributed by atoms with Crippen LogP contribution in [0.2, 0.25) is 0 Å². The summed E-state index contributed by atoms with van der Waals surface area (Å²) in [6, 6.07) is 6.14. The minimum atomic E-state index is 0.840. The van der Waals surface area contributed by atoms with Gasteiger partial charge in [-0.25, -0.2) is 4.98 Å². The average molecular weight is 221 g/mol. The summed E-state index contributed by atoms with van der Waals surface area (Å²) in [6.45, 7) is 7.60. The Morgan fingerprint density at radius 1 is 1.38 bits per heavy atom. The number of morpholine rings is 1. The minimum Gasteiger partial charge on any atom is -0.379 e. The number of aromatic nitrogens is 1. The number of ether oxygens (including phenoxy) is 1. The van der Waals surface area contributed by atoms with E-state index in [-0.39, 0.29) is 0 Å². The molecule has 1 saturated heterocycles. The predicted octanol–water partition coefficient (Wildman–Crippen LogP) is 1.35. The zero-order chi connectivity index (χ0) is 11.2. The second kappa shape index (κ2) is 5.82. The van der Waals surface area contributed by atoms with Crippen molar-refractivity contribution in [1.29, 1.82) is 0 Å². The van der Waals surface area contributed by atoms with Crippen LogP contribution in [0.3, 0.4) is 0 Å². The van der Waals surface area contributed by atoms with Crippen molar-refractivity contribution in [2.75, 3.05) is 38.2 Å². The molecule has 4 nitrogen and oxygen atoms in total. The lowest BCUT2D eigenvalue weighted by Gasteiger charge is -2.26. The highest BCUT2D eigenvalue weighted by Crippen LogP contribution is 2.08. The molecule has 2 rings (SSSR count). The van der Waals surface area contributed by atoms with Gasteiger partial charge in [-0.2, -0.15) is 0 Å². The lowest BCUT2D eigenvalue weighted by Crippen LogP contribution is -2.35. The third kappa shape index (κ3) is 3.18. The molecule has 0 amide bonds. The summed E-state index contributed by atoms with van der Waals surface area (Å²) in [5, 5.41) is 3.23. The van der Waals surface area contributed by atoms with Gasteiger partial charge in [0.15, 0.2) is 0 Å². The second-order valence-electron chi connectivity index (χ2n) is 3.93. The smallest absolute Gasteiger partial charge is 0.126 e. The molecule has 0 atom stereocenters. The maximum Gasteiger partial charge on any atom is 0.126 e. The highest BCUT2D eigenvalue weighted by molar-refractivity contribution is 5.34. The molecule has 0 aliphatic carbocycles. The fourth-order valence-electron chi connectivity index (χ4n) is 1.84. The monoisotopic (exact) mass is 221 g/mol. The fraction of sp³-hybridized carbons (Fsp3) is 0.583. The summed E-state index contributed by atoms with van der Waals surface area (Å²) in [4.78, 5) is 6.94. The van der Waals surface area contributed by atoms with Crippen molar-refractivity contribution in [1.82, 2.24) is 9.88 Å². The number of rotatable bonds is 4. The van der Waals surface area contributed by atoms with Crippen LogP contribution in [0, 0.1) is 0 Å². The lowest BCUT2D eigenvalue weighted by molar-refractivity contribution is 0.0337. The highest BCUT2D eigenvalue weighted by Gasteiger charge is 2.11. The first-order valence-corrected chi connectivity index (χ1v) is 5.88. The van der Waals surface area contributed by atoms with Gasteiger partial charge < -0.3 is 10.1 Å². The van der Waals surface area contributed by atoms with E-state index in [1.54, 1.807) is 0 Å². The molecule has 4 heteroatoms. The Balaban J connectivity index is 1.94. The number of nitrogens with one attached hydrogen (secondary N) is 1. The molecule has 1 fully saturated rings. The van der Waals surface area contributed by atoms with Crippen molar-refractivity contribution < 1.29 is 4.74 Å². The van der Waals surface area contributed by atoms with Crippen LogP contribution >= 0.6 is 0 Å². The van der Waals surface area contributed by atoms with E-state index in [1.165, 1.54) is 0 Å². The zero-order valence-corrected chi connectivity index (χ0v) is 9.78. The number of hydrogen-bond donors (Lipinski definition) is 1. The van der Waals surface area contributed by atoms with E-state index < -0.39 is 0 Å². The maximum absolute atomic E-state index is 5.33. The van der Waals surface area contributed by atoms with Crippen LogP contribution in [0.5, 0.6) is 0 Å². The maximum atomic E-state index is 5.33. The lowest BCUT2D eigenvalue weighted by atomic mass is 10.3. The Hall–Kier alpha value is -1.13. The summed E-state index contributed by atoms with van der Waals surface area (Å²) in [5.41, 5.74) is 1.13. The van der Waals surface area contributed by atoms with Crippen LogP contribution in [0.1, 0.15) is 12.6 Å². The Labute approximate surface area is 96.6 Å². The summed E-state index contributed by atoms with van der Waals surface area (Å²) in [7, 11) is 0. The average Bonchev–Trinajstić information content (AvgIpc) is 2.31. The van der Waals surface area contributed by atoms with Gasteiger partial charge in [-0.3, -0.25) is 4.90 Å². The van der Waals surface area contributed by atoms with Gasteiger partial charge in [0.25, 0.3) is 0 Å². The normalized spacial score (nSPS) is 17.3. The van der Waals surface area contributed by atoms with E-state index in [0.717, 1.165) is 50.9 Å². The number of pyridine rings is 1. The third-order valence-electron chi connectivity index (χ3n) is 2.65. The molecule has 0 unspecified atom stereocenters. The van der Waals surface area contributed by atoms with Crippen molar-refractivity contribution in [3.8, 4) is 0 Å². The van der Waals surface area contributed by atoms with Crippen LogP contribution in [-0.4, -0.2) is 42.7 Å². The van der Waals surface area contributed by atoms with E-state index in [0.29, 0.717) is 0 Å². The molecular formula is C12H19N3O. The van der Waals surface area contributed by atoms with Crippen LogP contribution < -0.4 is 5.32 Å². The van der Waals surface area contributed by atoms with E-state index in [2.05, 4.69) is 34.3 Å². The topological polar surface area (TPSA) is 37.4 Å². The molecule has 0 bridgehead atoms. The second-order valence-corrected chi connectivity index (χ2v) is 3.93. The van der Waals surface area contributed by atoms with Crippen LogP contribution in [0.25, 0.3) is 0 Å². The molecule has 1 aliphatic rings. The quantitative estimate of drug-likeness (QED) is 0.832. The molecule has 1 aromatic heterocycles. The predicted molar refractivity (Wildman–Crippen MR) is 64.5 cm³/mol. The van der Waals surface area contributed by atoms with Crippen LogP contribution in [-0.2, 0) is 11.3 Å². The number of anilines is 1. The van der Waals surface area contributed by atoms with Crippen molar-refractivity contribution in [2.24, 2.45) is 0 Å². The van der Waals surface area contributed by atoms with Crippen LogP contribution in [0.4, 0.5) is 5.82 Å². The van der Waals surface area contributed by atoms with Crippen molar-refractivity contribution >= 4 is 5.82 Å². The van der Waals surface area contributed by atoms with Crippen molar-refractivity contribution in [3.05, 3.63) is 23.9 Å². The Morgan fingerprint density at radius 2 is 2.19 bits per heavy atom. The van der Waals surface area contributed by atoms with Gasteiger partial charge in [0.2, 0.25) is 0 Å². The van der Waals surface area contributed by atoms with Crippen LogP contribution in [0.15, 0.2) is 18.2 Å². The molecule has 2 heterocycles. The number of hydrogen-bond acceptors (Lipinski definition) is 4. The summed E-state index contributed by atoms with van der Waals surface area (Å²) in [6.07, 6.45) is 0. The van der Waals surface area contributed by atoms with E-state index in [4.69, 9.17) is 4.74 Å². The Morgan fingerprint density at radius 3 is 2.94 bits per heavy atom. The van der Waals surface area contributed by atoms with Gasteiger partial charge >= 0.3 is 0 Å². The first-order chi connectivity index (χ1) is 7.88. The Bertz CT molecular complexity index is 324. The highest BCUT2D eigenvalue weighted by atomic mass is 16.5. The first kappa shape index (κ1) is 11.4. The summed E-state index contributed by atoms with van der Waals surface area (Å²) < 4.78 is 5.33. The zero-order valence-electron chi connectivity index (χ0n) is 9.78. The van der Waals surface area contributed by atoms with Crippen molar-refractivity contribution in [3.63, 3.8) is 0 Å². The summed E-state index contributed by atoms with van der Waals surface area (Å²) in [5.74, 6) is 0.966. The van der Waals surface area contributed by atoms with Gasteiger partial charge in [-0.1, -0.05) is 6.07 Å². The molecule has 16 heavy (non-hydrogen) atoms.